The number of aromatic nitrogens is 1. The molecule has 0 spiro atoms. The average molecular weight is 252 g/mol. The third-order valence-corrected chi connectivity index (χ3v) is 3.27. The first-order chi connectivity index (χ1) is 9.15. The summed E-state index contributed by atoms with van der Waals surface area (Å²) in [7, 11) is 0. The van der Waals surface area contributed by atoms with E-state index in [0.717, 1.165) is 22.0 Å². The Hall–Kier alpha value is -2.42. The van der Waals surface area contributed by atoms with Gasteiger partial charge in [-0.2, -0.15) is 0 Å². The number of hydrogen-bond acceptors (Lipinski definition) is 2. The summed E-state index contributed by atoms with van der Waals surface area (Å²) in [5.74, 6) is -0.255. The van der Waals surface area contributed by atoms with Crippen molar-refractivity contribution in [3.05, 3.63) is 60.0 Å². The maximum Gasteiger partial charge on any atom is 0.131 e. The molecule has 0 saturated heterocycles. The number of rotatable bonds is 1. The van der Waals surface area contributed by atoms with Crippen molar-refractivity contribution in [3.63, 3.8) is 0 Å². The van der Waals surface area contributed by atoms with Gasteiger partial charge in [-0.1, -0.05) is 12.1 Å². The van der Waals surface area contributed by atoms with Gasteiger partial charge in [-0.25, -0.2) is 4.39 Å². The SMILES string of the molecule is Cc1cc(F)c(-c2ccc3ncccc3c2)cc1N. The van der Waals surface area contributed by atoms with Gasteiger partial charge in [0.2, 0.25) is 0 Å². The fraction of sp³-hybridized carbons (Fsp3) is 0.0625. The van der Waals surface area contributed by atoms with Crippen LogP contribution in [0.3, 0.4) is 0 Å². The molecule has 0 amide bonds. The van der Waals surface area contributed by atoms with Crippen molar-refractivity contribution in [2.24, 2.45) is 0 Å². The molecule has 3 aromatic rings. The van der Waals surface area contributed by atoms with Crippen LogP contribution in [-0.4, -0.2) is 4.98 Å². The smallest absolute Gasteiger partial charge is 0.131 e. The number of benzene rings is 2. The first-order valence-corrected chi connectivity index (χ1v) is 6.06. The van der Waals surface area contributed by atoms with Crippen LogP contribution < -0.4 is 5.73 Å². The van der Waals surface area contributed by atoms with E-state index in [1.54, 1.807) is 19.2 Å². The minimum absolute atomic E-state index is 0.255. The molecule has 2 aromatic carbocycles. The predicted molar refractivity (Wildman–Crippen MR) is 76.3 cm³/mol. The highest BCUT2D eigenvalue weighted by Gasteiger charge is 2.08. The van der Waals surface area contributed by atoms with E-state index >= 15 is 0 Å². The maximum atomic E-state index is 14.0. The highest BCUT2D eigenvalue weighted by Crippen LogP contribution is 2.29. The van der Waals surface area contributed by atoms with Crippen LogP contribution in [0.1, 0.15) is 5.56 Å². The number of nitrogens with zero attached hydrogens (tertiary/aromatic N) is 1. The monoisotopic (exact) mass is 252 g/mol. The highest BCUT2D eigenvalue weighted by atomic mass is 19.1. The fourth-order valence-corrected chi connectivity index (χ4v) is 2.15. The molecule has 1 heterocycles. The Kier molecular flexibility index (Phi) is 2.67. The van der Waals surface area contributed by atoms with Crippen molar-refractivity contribution in [1.29, 1.82) is 0 Å². The molecule has 1 aromatic heterocycles. The van der Waals surface area contributed by atoms with E-state index in [4.69, 9.17) is 5.73 Å². The standard InChI is InChI=1S/C16H13FN2/c1-10-7-14(17)13(9-15(10)18)11-4-5-16-12(8-11)3-2-6-19-16/h2-9H,18H2,1H3. The summed E-state index contributed by atoms with van der Waals surface area (Å²) in [6.07, 6.45) is 1.74. The number of halogens is 1. The molecule has 0 aliphatic heterocycles. The Morgan fingerprint density at radius 2 is 1.95 bits per heavy atom. The van der Waals surface area contributed by atoms with E-state index in [1.807, 2.05) is 30.3 Å². The molecule has 0 radical (unpaired) electrons. The van der Waals surface area contributed by atoms with E-state index in [0.29, 0.717) is 11.3 Å². The minimum atomic E-state index is -0.255. The first-order valence-electron chi connectivity index (χ1n) is 6.06. The van der Waals surface area contributed by atoms with Crippen molar-refractivity contribution >= 4 is 16.6 Å². The normalized spacial score (nSPS) is 10.8. The quantitative estimate of drug-likeness (QED) is 0.666. The maximum absolute atomic E-state index is 14.0. The Labute approximate surface area is 110 Å². The van der Waals surface area contributed by atoms with Crippen molar-refractivity contribution < 1.29 is 4.39 Å². The summed E-state index contributed by atoms with van der Waals surface area (Å²) in [6.45, 7) is 1.80. The molecule has 0 fully saturated rings. The lowest BCUT2D eigenvalue weighted by molar-refractivity contribution is 0.630. The zero-order chi connectivity index (χ0) is 13.4. The number of pyridine rings is 1. The molecule has 0 aliphatic carbocycles. The second-order valence-corrected chi connectivity index (χ2v) is 4.60. The van der Waals surface area contributed by atoms with Crippen molar-refractivity contribution in [2.75, 3.05) is 5.73 Å². The van der Waals surface area contributed by atoms with Crippen LogP contribution in [0, 0.1) is 12.7 Å². The van der Waals surface area contributed by atoms with Gasteiger partial charge in [0.1, 0.15) is 5.82 Å². The molecule has 3 rings (SSSR count). The van der Waals surface area contributed by atoms with Crippen molar-refractivity contribution in [3.8, 4) is 11.1 Å². The second-order valence-electron chi connectivity index (χ2n) is 4.60. The van der Waals surface area contributed by atoms with Gasteiger partial charge in [-0.3, -0.25) is 4.98 Å². The number of fused-ring (bicyclic) bond motifs is 1. The minimum Gasteiger partial charge on any atom is -0.398 e. The van der Waals surface area contributed by atoms with Crippen molar-refractivity contribution in [1.82, 2.24) is 4.98 Å². The second kappa shape index (κ2) is 4.35. The van der Waals surface area contributed by atoms with E-state index in [-0.39, 0.29) is 5.82 Å². The highest BCUT2D eigenvalue weighted by molar-refractivity contribution is 5.85. The van der Waals surface area contributed by atoms with Crippen molar-refractivity contribution in [2.45, 2.75) is 6.92 Å². The van der Waals surface area contributed by atoms with Gasteiger partial charge in [-0.05, 0) is 48.4 Å². The van der Waals surface area contributed by atoms with Gasteiger partial charge in [0.25, 0.3) is 0 Å². The van der Waals surface area contributed by atoms with E-state index in [9.17, 15) is 4.39 Å². The number of anilines is 1. The van der Waals surface area contributed by atoms with Crippen LogP contribution in [0.15, 0.2) is 48.7 Å². The fourth-order valence-electron chi connectivity index (χ4n) is 2.15. The van der Waals surface area contributed by atoms with Crippen LogP contribution >= 0.6 is 0 Å². The third kappa shape index (κ3) is 2.03. The summed E-state index contributed by atoms with van der Waals surface area (Å²) in [6, 6.07) is 12.7. The van der Waals surface area contributed by atoms with Gasteiger partial charge >= 0.3 is 0 Å². The van der Waals surface area contributed by atoms with E-state index in [1.165, 1.54) is 6.07 Å². The zero-order valence-corrected chi connectivity index (χ0v) is 10.5. The summed E-state index contributed by atoms with van der Waals surface area (Å²) in [5.41, 5.74) is 9.44. The Morgan fingerprint density at radius 1 is 1.11 bits per heavy atom. The Balaban J connectivity index is 2.21. The van der Waals surface area contributed by atoms with Gasteiger partial charge in [-0.15, -0.1) is 0 Å². The van der Waals surface area contributed by atoms with Gasteiger partial charge in [0, 0.05) is 22.8 Å². The van der Waals surface area contributed by atoms with Crippen LogP contribution in [0.5, 0.6) is 0 Å². The molecule has 0 aliphatic rings. The van der Waals surface area contributed by atoms with E-state index in [2.05, 4.69) is 4.98 Å². The molecule has 3 heteroatoms. The lowest BCUT2D eigenvalue weighted by Crippen LogP contribution is -1.94. The molecule has 0 atom stereocenters. The lowest BCUT2D eigenvalue weighted by atomic mass is 10.0. The molecule has 0 bridgehead atoms. The van der Waals surface area contributed by atoms with Gasteiger partial charge in [0.05, 0.1) is 5.52 Å². The first kappa shape index (κ1) is 11.7. The average Bonchev–Trinajstić information content (AvgIpc) is 2.42. The number of nitrogens with two attached hydrogens (primary N) is 1. The molecule has 94 valence electrons. The summed E-state index contributed by atoms with van der Waals surface area (Å²) in [5, 5.41) is 0.985. The topological polar surface area (TPSA) is 38.9 Å². The molecule has 19 heavy (non-hydrogen) atoms. The van der Waals surface area contributed by atoms with E-state index < -0.39 is 0 Å². The van der Waals surface area contributed by atoms with Crippen LogP contribution in [0.2, 0.25) is 0 Å². The van der Waals surface area contributed by atoms with Crippen LogP contribution in [0.25, 0.3) is 22.0 Å². The lowest BCUT2D eigenvalue weighted by Gasteiger charge is -2.08. The predicted octanol–water partition coefficient (Wildman–Crippen LogP) is 3.93. The zero-order valence-electron chi connectivity index (χ0n) is 10.5. The Bertz CT molecular complexity index is 766. The Morgan fingerprint density at radius 3 is 2.79 bits per heavy atom. The summed E-state index contributed by atoms with van der Waals surface area (Å²) in [4.78, 5) is 4.25. The largest absolute Gasteiger partial charge is 0.398 e. The van der Waals surface area contributed by atoms with Gasteiger partial charge < -0.3 is 5.73 Å². The summed E-state index contributed by atoms with van der Waals surface area (Å²) < 4.78 is 14.0. The third-order valence-electron chi connectivity index (χ3n) is 3.27. The number of hydrogen-bond donors (Lipinski definition) is 1. The molecular weight excluding hydrogens is 239 g/mol. The molecule has 2 nitrogen and oxygen atoms in total. The molecular formula is C16H13FN2. The number of nitrogen functional groups attached to an aromatic ring is 1. The molecule has 0 saturated carbocycles. The number of aryl methyl sites for hydroxylation is 1. The molecule has 2 N–H and O–H groups in total. The van der Waals surface area contributed by atoms with Crippen LogP contribution in [-0.2, 0) is 0 Å². The van der Waals surface area contributed by atoms with Crippen LogP contribution in [0.4, 0.5) is 10.1 Å². The van der Waals surface area contributed by atoms with Gasteiger partial charge in [0.15, 0.2) is 0 Å². The molecule has 0 unspecified atom stereocenters. The summed E-state index contributed by atoms with van der Waals surface area (Å²) >= 11 is 0.